The number of nitrogens with zero attached hydrogens (tertiary/aromatic N) is 7. The van der Waals surface area contributed by atoms with Crippen LogP contribution in [0.3, 0.4) is 0 Å². The molecule has 0 spiro atoms. The Bertz CT molecular complexity index is 2190. The van der Waals surface area contributed by atoms with Crippen LogP contribution in [0.2, 0.25) is 5.28 Å². The van der Waals surface area contributed by atoms with Crippen LogP contribution in [0.25, 0.3) is 21.3 Å². The molecule has 0 bridgehead atoms. The maximum Gasteiger partial charge on any atom is 0.410 e. The molecule has 1 fully saturated rings. The maximum atomic E-state index is 13.4. The minimum Gasteiger partial charge on any atom is -0.448 e. The smallest absolute Gasteiger partial charge is 0.410 e. The first-order chi connectivity index (χ1) is 24.8. The lowest BCUT2D eigenvalue weighted by Crippen LogP contribution is -2.69. The molecule has 1 saturated heterocycles. The number of halogens is 1. The highest BCUT2D eigenvalue weighted by Gasteiger charge is 2.49. The maximum absolute atomic E-state index is 13.4. The summed E-state index contributed by atoms with van der Waals surface area (Å²) in [6.45, 7) is 6.96. The number of carbonyl (C=O) groups excluding carboxylic acids is 1. The van der Waals surface area contributed by atoms with Crippen molar-refractivity contribution in [3.63, 3.8) is 0 Å². The van der Waals surface area contributed by atoms with Gasteiger partial charge in [-0.05, 0) is 68.9 Å². The van der Waals surface area contributed by atoms with Gasteiger partial charge < -0.3 is 20.3 Å². The Morgan fingerprint density at radius 2 is 1.82 bits per heavy atom. The number of nitriles is 1. The Morgan fingerprint density at radius 3 is 2.55 bits per heavy atom. The summed E-state index contributed by atoms with van der Waals surface area (Å²) in [4.78, 5) is 32.2. The SMILES string of the molecule is CC(C)C1CN(c2nc(Cl)nc3sccc23)CC[N+]1(C#N)C(N)=Nc1cccc2c1CCN(C(=O)OCC1c3ccccc3-c3ccccc31)C2. The van der Waals surface area contributed by atoms with Gasteiger partial charge >= 0.3 is 18.2 Å². The Labute approximate surface area is 306 Å². The van der Waals surface area contributed by atoms with E-state index in [1.54, 1.807) is 4.90 Å². The van der Waals surface area contributed by atoms with E-state index in [-0.39, 0.29) is 46.3 Å². The zero-order valence-electron chi connectivity index (χ0n) is 28.5. The van der Waals surface area contributed by atoms with E-state index < -0.39 is 0 Å². The lowest BCUT2D eigenvalue weighted by molar-refractivity contribution is -0.809. The van der Waals surface area contributed by atoms with Crippen LogP contribution in [0.1, 0.15) is 42.0 Å². The van der Waals surface area contributed by atoms with E-state index in [4.69, 9.17) is 27.1 Å². The van der Waals surface area contributed by atoms with Gasteiger partial charge in [0.05, 0.1) is 24.2 Å². The van der Waals surface area contributed by atoms with E-state index in [1.165, 1.54) is 33.6 Å². The van der Waals surface area contributed by atoms with Crippen LogP contribution in [-0.4, -0.2) is 70.2 Å². The molecule has 1 amide bonds. The average Bonchev–Trinajstić information content (AvgIpc) is 3.75. The molecule has 51 heavy (non-hydrogen) atoms. The summed E-state index contributed by atoms with van der Waals surface area (Å²) >= 11 is 7.84. The van der Waals surface area contributed by atoms with E-state index in [0.29, 0.717) is 39.1 Å². The molecule has 3 aliphatic rings. The van der Waals surface area contributed by atoms with Crippen molar-refractivity contribution >= 4 is 56.7 Å². The number of quaternary nitrogens is 1. The van der Waals surface area contributed by atoms with Crippen molar-refractivity contribution in [1.29, 1.82) is 5.26 Å². The van der Waals surface area contributed by atoms with Gasteiger partial charge in [0.2, 0.25) is 5.28 Å². The van der Waals surface area contributed by atoms with Gasteiger partial charge in [0.15, 0.2) is 0 Å². The molecule has 258 valence electrons. The van der Waals surface area contributed by atoms with Crippen LogP contribution in [-0.2, 0) is 17.7 Å². The van der Waals surface area contributed by atoms with E-state index >= 15 is 0 Å². The molecule has 12 heteroatoms. The Hall–Kier alpha value is -5.02. The molecule has 10 nitrogen and oxygen atoms in total. The summed E-state index contributed by atoms with van der Waals surface area (Å²) in [5.41, 5.74) is 14.4. The van der Waals surface area contributed by atoms with Crippen molar-refractivity contribution in [3.8, 4) is 17.3 Å². The van der Waals surface area contributed by atoms with E-state index in [9.17, 15) is 10.1 Å². The number of thiophene rings is 1. The van der Waals surface area contributed by atoms with Gasteiger partial charge in [-0.1, -0.05) is 74.5 Å². The fourth-order valence-electron chi connectivity index (χ4n) is 8.08. The number of guanidine groups is 1. The van der Waals surface area contributed by atoms with E-state index in [1.807, 2.05) is 53.9 Å². The van der Waals surface area contributed by atoms with Crippen molar-refractivity contribution in [2.45, 2.75) is 38.8 Å². The number of fused-ring (bicyclic) bond motifs is 5. The highest BCUT2D eigenvalue weighted by molar-refractivity contribution is 7.16. The highest BCUT2D eigenvalue weighted by atomic mass is 35.5. The van der Waals surface area contributed by atoms with Gasteiger partial charge in [-0.25, -0.2) is 9.78 Å². The molecule has 2 aromatic heterocycles. The number of amides is 1. The van der Waals surface area contributed by atoms with Gasteiger partial charge in [-0.3, -0.25) is 0 Å². The number of hydrogen-bond acceptors (Lipinski definition) is 8. The quantitative estimate of drug-likeness (QED) is 0.0660. The van der Waals surface area contributed by atoms with Gasteiger partial charge in [0, 0.05) is 24.9 Å². The third-order valence-electron chi connectivity index (χ3n) is 10.7. The number of aliphatic imine (C=N–C) groups is 1. The van der Waals surface area contributed by atoms with Crippen molar-refractivity contribution in [1.82, 2.24) is 14.9 Å². The summed E-state index contributed by atoms with van der Waals surface area (Å²) in [6, 6.07) is 24.4. The van der Waals surface area contributed by atoms with E-state index in [2.05, 4.69) is 59.2 Å². The predicted molar refractivity (Wildman–Crippen MR) is 201 cm³/mol. The number of carbonyl (C=O) groups is 1. The van der Waals surface area contributed by atoms with Crippen LogP contribution in [0, 0.1) is 17.4 Å². The molecule has 3 aromatic carbocycles. The molecule has 2 aliphatic heterocycles. The molecule has 4 heterocycles. The van der Waals surface area contributed by atoms with Gasteiger partial charge in [0.1, 0.15) is 29.8 Å². The molecule has 5 aromatic rings. The highest BCUT2D eigenvalue weighted by Crippen LogP contribution is 2.44. The monoisotopic (exact) mass is 717 g/mol. The second-order valence-corrected chi connectivity index (χ2v) is 15.0. The summed E-state index contributed by atoms with van der Waals surface area (Å²) in [6.07, 6.45) is 2.84. The van der Waals surface area contributed by atoms with Gasteiger partial charge in [-0.2, -0.15) is 14.5 Å². The third-order valence-corrected chi connectivity index (χ3v) is 11.7. The number of rotatable bonds is 5. The second-order valence-electron chi connectivity index (χ2n) is 13.8. The molecule has 8 rings (SSSR count). The standard InChI is InChI=1S/C39H38ClN8O2S/c1-24(2)34-21-46(35-31-15-19-51-36(31)45-37(40)44-35)17-18-48(34,23-41)38(42)43-33-13-7-8-25-20-47(16-14-26(25)33)39(49)50-22-32-29-11-5-3-9-27(29)28-10-4-6-12-30(28)32/h3-13,15,19,24,32,34H,14,16-18,20-22H2,1-2H3,(H2,42,43)/q+1. The van der Waals surface area contributed by atoms with E-state index in [0.717, 1.165) is 32.8 Å². The molecule has 0 radical (unpaired) electrons. The number of aromatic nitrogens is 2. The Morgan fingerprint density at radius 1 is 1.08 bits per heavy atom. The molecule has 2 N–H and O–H groups in total. The summed E-state index contributed by atoms with van der Waals surface area (Å²) in [5.74, 6) is 1.17. The summed E-state index contributed by atoms with van der Waals surface area (Å²) in [5, 5.41) is 13.9. The molecule has 2 unspecified atom stereocenters. The number of benzene rings is 3. The molecule has 1 aliphatic carbocycles. The second kappa shape index (κ2) is 13.3. The first-order valence-corrected chi connectivity index (χ1v) is 18.5. The van der Waals surface area contributed by atoms with Crippen molar-refractivity contribution in [2.75, 3.05) is 37.7 Å². The van der Waals surface area contributed by atoms with Crippen LogP contribution < -0.4 is 10.6 Å². The first-order valence-electron chi connectivity index (χ1n) is 17.3. The minimum atomic E-state index is -0.327. The number of hydrogen-bond donors (Lipinski definition) is 1. The minimum absolute atomic E-state index is 0.00450. The fraction of sp³-hybridized carbons (Fsp3) is 0.308. The molecular formula is C39H38ClN8O2S+. The van der Waals surface area contributed by atoms with Crippen molar-refractivity contribution < 1.29 is 14.0 Å². The third kappa shape index (κ3) is 5.77. The predicted octanol–water partition coefficient (Wildman–Crippen LogP) is 7.44. The average molecular weight is 718 g/mol. The normalized spacial score (nSPS) is 20.2. The topological polar surface area (TPSA) is 121 Å². The lowest BCUT2D eigenvalue weighted by atomic mass is 9.96. The number of piperazine rings is 1. The zero-order valence-corrected chi connectivity index (χ0v) is 30.1. The number of ether oxygens (including phenoxy) is 1. The largest absolute Gasteiger partial charge is 0.448 e. The van der Waals surface area contributed by atoms with Gasteiger partial charge in [-0.15, -0.1) is 16.6 Å². The summed E-state index contributed by atoms with van der Waals surface area (Å²) < 4.78 is 5.89. The molecule has 0 saturated carbocycles. The van der Waals surface area contributed by atoms with Crippen LogP contribution in [0.4, 0.5) is 16.3 Å². The van der Waals surface area contributed by atoms with Gasteiger partial charge in [0.25, 0.3) is 0 Å². The number of nitrogens with two attached hydrogens (primary N) is 1. The first kappa shape index (κ1) is 33.1. The fourth-order valence-corrected chi connectivity index (χ4v) is 9.05. The summed E-state index contributed by atoms with van der Waals surface area (Å²) in [7, 11) is 0. The lowest BCUT2D eigenvalue weighted by Gasteiger charge is -2.45. The van der Waals surface area contributed by atoms with Crippen LogP contribution >= 0.6 is 22.9 Å². The van der Waals surface area contributed by atoms with Crippen molar-refractivity contribution in [3.05, 3.63) is 106 Å². The van der Waals surface area contributed by atoms with Crippen LogP contribution in [0.15, 0.2) is 83.2 Å². The number of anilines is 1. The Balaban J connectivity index is 0.996. The Kier molecular flexibility index (Phi) is 8.62. The van der Waals surface area contributed by atoms with Crippen molar-refractivity contribution in [2.24, 2.45) is 16.6 Å². The zero-order chi connectivity index (χ0) is 35.3. The molecular weight excluding hydrogens is 680 g/mol. The van der Waals surface area contributed by atoms with Crippen LogP contribution in [0.5, 0.6) is 0 Å². The molecule has 2 atom stereocenters.